The fourth-order valence-electron chi connectivity index (χ4n) is 3.61. The molecule has 0 saturated carbocycles. The first kappa shape index (κ1) is 21.4. The number of hydrogen-bond donors (Lipinski definition) is 1. The van der Waals surface area contributed by atoms with Gasteiger partial charge in [0, 0.05) is 37.5 Å². The molecule has 0 bridgehead atoms. The smallest absolute Gasteiger partial charge is 0.295 e. The molecule has 0 unspecified atom stereocenters. The Morgan fingerprint density at radius 1 is 1.03 bits per heavy atom. The Morgan fingerprint density at radius 2 is 1.77 bits per heavy atom. The van der Waals surface area contributed by atoms with E-state index in [0.717, 1.165) is 0 Å². The first-order valence-corrected chi connectivity index (χ1v) is 9.58. The number of benzene rings is 2. The molecule has 0 aromatic heterocycles. The number of methoxy groups -OCH3 is 3. The maximum Gasteiger partial charge on any atom is 0.295 e. The summed E-state index contributed by atoms with van der Waals surface area (Å²) in [6.07, 6.45) is 0.546. The van der Waals surface area contributed by atoms with Gasteiger partial charge < -0.3 is 24.2 Å². The van der Waals surface area contributed by atoms with Crippen LogP contribution in [0.5, 0.6) is 11.5 Å². The Bertz CT molecular complexity index is 953. The summed E-state index contributed by atoms with van der Waals surface area (Å²) in [5.74, 6) is -0.568. The van der Waals surface area contributed by atoms with E-state index in [0.29, 0.717) is 42.2 Å². The van der Waals surface area contributed by atoms with Gasteiger partial charge in [0.05, 0.1) is 25.8 Å². The first-order chi connectivity index (χ1) is 14.5. The average molecular weight is 411 g/mol. The van der Waals surface area contributed by atoms with Gasteiger partial charge in [0.2, 0.25) is 0 Å². The van der Waals surface area contributed by atoms with E-state index in [1.807, 2.05) is 6.07 Å². The summed E-state index contributed by atoms with van der Waals surface area (Å²) >= 11 is 0. The van der Waals surface area contributed by atoms with Crippen molar-refractivity contribution in [3.05, 3.63) is 65.2 Å². The molecule has 30 heavy (non-hydrogen) atoms. The zero-order chi connectivity index (χ0) is 21.7. The molecule has 0 aliphatic carbocycles. The Morgan fingerprint density at radius 3 is 2.40 bits per heavy atom. The molecule has 2 aromatic carbocycles. The van der Waals surface area contributed by atoms with Gasteiger partial charge in [-0.15, -0.1) is 0 Å². The highest BCUT2D eigenvalue weighted by atomic mass is 16.5. The Labute approximate surface area is 175 Å². The van der Waals surface area contributed by atoms with E-state index >= 15 is 0 Å². The fourth-order valence-corrected chi connectivity index (χ4v) is 3.61. The molecule has 1 aliphatic rings. The van der Waals surface area contributed by atoms with E-state index in [1.165, 1.54) is 12.0 Å². The molecule has 158 valence electrons. The van der Waals surface area contributed by atoms with E-state index in [9.17, 15) is 14.7 Å². The third-order valence-electron chi connectivity index (χ3n) is 5.07. The standard InChI is InChI=1S/C23H25NO6/c1-28-13-7-12-24-20(17-11-10-16(29-2)14-18(17)30-3)19(22(26)23(24)27)21(25)15-8-5-4-6-9-15/h4-6,8-11,14,20,25H,7,12-13H2,1-3H3/t20-/m0/s1. The van der Waals surface area contributed by atoms with Crippen LogP contribution < -0.4 is 9.47 Å². The van der Waals surface area contributed by atoms with Crippen molar-refractivity contribution in [3.8, 4) is 11.5 Å². The number of nitrogens with zero attached hydrogens (tertiary/aromatic N) is 1. The zero-order valence-electron chi connectivity index (χ0n) is 17.3. The lowest BCUT2D eigenvalue weighted by atomic mass is 9.94. The number of amides is 1. The minimum absolute atomic E-state index is 0.0343. The van der Waals surface area contributed by atoms with Gasteiger partial charge in [-0.1, -0.05) is 30.3 Å². The van der Waals surface area contributed by atoms with Crippen LogP contribution in [0, 0.1) is 0 Å². The molecule has 1 aliphatic heterocycles. The largest absolute Gasteiger partial charge is 0.507 e. The summed E-state index contributed by atoms with van der Waals surface area (Å²) in [7, 11) is 4.63. The van der Waals surface area contributed by atoms with Crippen molar-refractivity contribution in [2.24, 2.45) is 0 Å². The van der Waals surface area contributed by atoms with Crippen LogP contribution in [-0.2, 0) is 14.3 Å². The third-order valence-corrected chi connectivity index (χ3v) is 5.07. The second-order valence-corrected chi connectivity index (χ2v) is 6.81. The maximum atomic E-state index is 13.0. The Kier molecular flexibility index (Phi) is 6.74. The number of aliphatic hydroxyl groups is 1. The van der Waals surface area contributed by atoms with Crippen LogP contribution >= 0.6 is 0 Å². The highest BCUT2D eigenvalue weighted by Gasteiger charge is 2.46. The van der Waals surface area contributed by atoms with Crippen LogP contribution in [0.1, 0.15) is 23.6 Å². The van der Waals surface area contributed by atoms with E-state index < -0.39 is 17.7 Å². The first-order valence-electron chi connectivity index (χ1n) is 9.58. The van der Waals surface area contributed by atoms with Gasteiger partial charge >= 0.3 is 0 Å². The number of Topliss-reactive ketones (excluding diaryl/α,β-unsaturated/α-hetero) is 1. The van der Waals surface area contributed by atoms with Crippen LogP contribution in [0.25, 0.3) is 5.76 Å². The SMILES string of the molecule is COCCCN1C(=O)C(=O)C(=C(O)c2ccccc2)[C@@H]1c1ccc(OC)cc1OC. The normalized spacial score (nSPS) is 18.0. The second-order valence-electron chi connectivity index (χ2n) is 6.81. The van der Waals surface area contributed by atoms with Crippen molar-refractivity contribution in [2.45, 2.75) is 12.5 Å². The van der Waals surface area contributed by atoms with Crippen LogP contribution in [0.3, 0.4) is 0 Å². The van der Waals surface area contributed by atoms with Gasteiger partial charge in [0.25, 0.3) is 11.7 Å². The van der Waals surface area contributed by atoms with Gasteiger partial charge in [-0.05, 0) is 18.6 Å². The van der Waals surface area contributed by atoms with Crippen molar-refractivity contribution in [1.82, 2.24) is 4.90 Å². The average Bonchev–Trinajstić information content (AvgIpc) is 3.03. The minimum atomic E-state index is -0.789. The number of hydrogen-bond acceptors (Lipinski definition) is 6. The summed E-state index contributed by atoms with van der Waals surface area (Å²) in [6, 6.07) is 13.1. The predicted molar refractivity (Wildman–Crippen MR) is 111 cm³/mol. The number of likely N-dealkylation sites (tertiary alicyclic amines) is 1. The van der Waals surface area contributed by atoms with Gasteiger partial charge in [0.1, 0.15) is 17.3 Å². The topological polar surface area (TPSA) is 85.3 Å². The summed E-state index contributed by atoms with van der Waals surface area (Å²) in [5, 5.41) is 11.0. The number of rotatable bonds is 8. The van der Waals surface area contributed by atoms with Gasteiger partial charge in [-0.2, -0.15) is 0 Å². The number of ketones is 1. The van der Waals surface area contributed by atoms with Crippen LogP contribution in [0.15, 0.2) is 54.1 Å². The van der Waals surface area contributed by atoms with E-state index in [4.69, 9.17) is 14.2 Å². The molecule has 1 N–H and O–H groups in total. The van der Waals surface area contributed by atoms with Gasteiger partial charge in [0.15, 0.2) is 0 Å². The fraction of sp³-hybridized carbons (Fsp3) is 0.304. The van der Waals surface area contributed by atoms with E-state index in [-0.39, 0.29) is 11.3 Å². The number of ether oxygens (including phenoxy) is 3. The van der Waals surface area contributed by atoms with Crippen molar-refractivity contribution in [3.63, 3.8) is 0 Å². The number of aliphatic hydroxyl groups excluding tert-OH is 1. The lowest BCUT2D eigenvalue weighted by Crippen LogP contribution is -2.31. The molecule has 2 aromatic rings. The molecule has 0 radical (unpaired) electrons. The zero-order valence-corrected chi connectivity index (χ0v) is 17.3. The second kappa shape index (κ2) is 9.45. The predicted octanol–water partition coefficient (Wildman–Crippen LogP) is 3.16. The van der Waals surface area contributed by atoms with Crippen LogP contribution in [-0.4, -0.2) is 56.2 Å². The molecular formula is C23H25NO6. The monoisotopic (exact) mass is 411 g/mol. The summed E-state index contributed by atoms with van der Waals surface area (Å²) < 4.78 is 15.9. The van der Waals surface area contributed by atoms with Crippen molar-refractivity contribution < 1.29 is 28.9 Å². The quantitative estimate of drug-likeness (QED) is 0.311. The van der Waals surface area contributed by atoms with Gasteiger partial charge in [-0.25, -0.2) is 0 Å². The highest BCUT2D eigenvalue weighted by molar-refractivity contribution is 6.46. The third kappa shape index (κ3) is 4.02. The lowest BCUT2D eigenvalue weighted by Gasteiger charge is -2.26. The minimum Gasteiger partial charge on any atom is -0.507 e. The van der Waals surface area contributed by atoms with E-state index in [2.05, 4.69) is 0 Å². The van der Waals surface area contributed by atoms with Gasteiger partial charge in [-0.3, -0.25) is 9.59 Å². The van der Waals surface area contributed by atoms with Crippen LogP contribution in [0.4, 0.5) is 0 Å². The molecular weight excluding hydrogens is 386 g/mol. The molecule has 1 saturated heterocycles. The van der Waals surface area contributed by atoms with Crippen molar-refractivity contribution in [2.75, 3.05) is 34.5 Å². The maximum absolute atomic E-state index is 13.0. The molecule has 1 amide bonds. The number of carbonyl (C=O) groups is 2. The molecule has 3 rings (SSSR count). The molecule has 1 atom stereocenters. The van der Waals surface area contributed by atoms with Crippen LogP contribution in [0.2, 0.25) is 0 Å². The summed E-state index contributed by atoms with van der Waals surface area (Å²) in [5.41, 5.74) is 1.09. The summed E-state index contributed by atoms with van der Waals surface area (Å²) in [4.78, 5) is 27.3. The van der Waals surface area contributed by atoms with Crippen molar-refractivity contribution in [1.29, 1.82) is 0 Å². The molecule has 0 spiro atoms. The Hall–Kier alpha value is -3.32. The van der Waals surface area contributed by atoms with E-state index in [1.54, 1.807) is 56.7 Å². The molecule has 1 heterocycles. The summed E-state index contributed by atoms with van der Waals surface area (Å²) in [6.45, 7) is 0.734. The molecule has 1 fully saturated rings. The Balaban J connectivity index is 2.18. The van der Waals surface area contributed by atoms with Crippen molar-refractivity contribution >= 4 is 17.4 Å². The molecule has 7 nitrogen and oxygen atoms in total. The molecule has 7 heteroatoms. The number of carbonyl (C=O) groups excluding carboxylic acids is 2. The highest BCUT2D eigenvalue weighted by Crippen LogP contribution is 2.43. The lowest BCUT2D eigenvalue weighted by molar-refractivity contribution is -0.140.